The van der Waals surface area contributed by atoms with Crippen LogP contribution in [0.4, 0.5) is 5.69 Å². The van der Waals surface area contributed by atoms with Crippen LogP contribution in [0.5, 0.6) is 5.75 Å². The molecule has 3 aromatic carbocycles. The number of hydrogen-bond donors (Lipinski definition) is 1. The van der Waals surface area contributed by atoms with Gasteiger partial charge in [0.2, 0.25) is 5.91 Å². The molecule has 1 N–H and O–H groups in total. The topological polar surface area (TPSA) is 86.4 Å². The molecule has 2 heterocycles. The number of aryl methyl sites for hydroxylation is 1. The van der Waals surface area contributed by atoms with E-state index in [0.717, 1.165) is 21.9 Å². The molecule has 0 aliphatic heterocycles. The van der Waals surface area contributed by atoms with Crippen LogP contribution in [0.25, 0.3) is 21.9 Å². The fourth-order valence-electron chi connectivity index (χ4n) is 3.53. The SMILES string of the molecule is O=C(CCn1ccnc1)Nc1cccc(C(=O)Oc2ccc3oc4ccccc4c3c2)c1. The number of nitrogens with one attached hydrogen (secondary N) is 1. The second-order valence-electron chi connectivity index (χ2n) is 7.33. The summed E-state index contributed by atoms with van der Waals surface area (Å²) in [4.78, 5) is 28.9. The quantitative estimate of drug-likeness (QED) is 0.305. The number of carbonyl (C=O) groups excluding carboxylic acids is 2. The number of nitrogens with zero attached hydrogens (tertiary/aromatic N) is 2. The first-order valence-corrected chi connectivity index (χ1v) is 10.1. The van der Waals surface area contributed by atoms with Gasteiger partial charge in [0.15, 0.2) is 0 Å². The van der Waals surface area contributed by atoms with Crippen LogP contribution in [-0.4, -0.2) is 21.4 Å². The largest absolute Gasteiger partial charge is 0.456 e. The molecule has 0 bridgehead atoms. The van der Waals surface area contributed by atoms with Crippen molar-refractivity contribution < 1.29 is 18.7 Å². The van der Waals surface area contributed by atoms with E-state index in [1.54, 1.807) is 61.2 Å². The maximum atomic E-state index is 12.7. The Balaban J connectivity index is 1.28. The minimum absolute atomic E-state index is 0.151. The molecule has 0 saturated heterocycles. The van der Waals surface area contributed by atoms with Crippen molar-refractivity contribution in [1.82, 2.24) is 9.55 Å². The van der Waals surface area contributed by atoms with E-state index in [1.165, 1.54) is 0 Å². The standard InChI is InChI=1S/C25H19N3O4/c29-24(10-12-28-13-11-26-16-28)27-18-5-3-4-17(14-18)25(30)31-19-8-9-23-21(15-19)20-6-1-2-7-22(20)32-23/h1-9,11,13-16H,10,12H2,(H,27,29). The Morgan fingerprint density at radius 1 is 0.969 bits per heavy atom. The van der Waals surface area contributed by atoms with Crippen LogP contribution in [-0.2, 0) is 11.3 Å². The number of hydrogen-bond acceptors (Lipinski definition) is 5. The number of esters is 1. The van der Waals surface area contributed by atoms with Gasteiger partial charge in [-0.1, -0.05) is 24.3 Å². The van der Waals surface area contributed by atoms with E-state index < -0.39 is 5.97 Å². The summed E-state index contributed by atoms with van der Waals surface area (Å²) in [6.07, 6.45) is 5.42. The second kappa shape index (κ2) is 8.39. The third-order valence-electron chi connectivity index (χ3n) is 5.10. The number of furan rings is 1. The van der Waals surface area contributed by atoms with Crippen molar-refractivity contribution in [3.05, 3.63) is 91.0 Å². The number of amides is 1. The molecule has 32 heavy (non-hydrogen) atoms. The van der Waals surface area contributed by atoms with E-state index in [4.69, 9.17) is 9.15 Å². The Hall–Kier alpha value is -4.39. The molecule has 1 amide bonds. The van der Waals surface area contributed by atoms with Gasteiger partial charge in [-0.15, -0.1) is 0 Å². The molecule has 0 radical (unpaired) electrons. The summed E-state index contributed by atoms with van der Waals surface area (Å²) in [6, 6.07) is 19.7. The first-order chi connectivity index (χ1) is 15.7. The van der Waals surface area contributed by atoms with Gasteiger partial charge in [-0.2, -0.15) is 0 Å². The van der Waals surface area contributed by atoms with Gasteiger partial charge in [0.05, 0.1) is 11.9 Å². The first-order valence-electron chi connectivity index (χ1n) is 10.1. The Labute approximate surface area is 183 Å². The fourth-order valence-corrected chi connectivity index (χ4v) is 3.53. The number of fused-ring (bicyclic) bond motifs is 3. The summed E-state index contributed by atoms with van der Waals surface area (Å²) in [6.45, 7) is 0.527. The third kappa shape index (κ3) is 4.09. The minimum atomic E-state index is -0.508. The number of ether oxygens (including phenoxy) is 1. The van der Waals surface area contributed by atoms with Crippen LogP contribution >= 0.6 is 0 Å². The molecule has 0 fully saturated rings. The highest BCUT2D eigenvalue weighted by atomic mass is 16.5. The lowest BCUT2D eigenvalue weighted by Crippen LogP contribution is -2.15. The zero-order valence-corrected chi connectivity index (χ0v) is 17.0. The van der Waals surface area contributed by atoms with E-state index >= 15 is 0 Å². The lowest BCUT2D eigenvalue weighted by molar-refractivity contribution is -0.116. The summed E-state index contributed by atoms with van der Waals surface area (Å²) in [7, 11) is 0. The van der Waals surface area contributed by atoms with Crippen LogP contribution in [0.2, 0.25) is 0 Å². The summed E-state index contributed by atoms with van der Waals surface area (Å²) >= 11 is 0. The zero-order valence-electron chi connectivity index (χ0n) is 17.0. The molecule has 158 valence electrons. The average Bonchev–Trinajstić information content (AvgIpc) is 3.45. The molecule has 0 spiro atoms. The van der Waals surface area contributed by atoms with E-state index in [9.17, 15) is 9.59 Å². The molecule has 5 rings (SSSR count). The van der Waals surface area contributed by atoms with Gasteiger partial charge < -0.3 is 19.0 Å². The number of benzene rings is 3. The van der Waals surface area contributed by atoms with Crippen molar-refractivity contribution in [3.8, 4) is 5.75 Å². The van der Waals surface area contributed by atoms with Crippen LogP contribution in [0.15, 0.2) is 89.9 Å². The molecule has 0 aliphatic rings. The summed E-state index contributed by atoms with van der Waals surface area (Å²) < 4.78 is 13.2. The molecule has 5 aromatic rings. The first kappa shape index (κ1) is 19.6. The number of rotatable bonds is 6. The lowest BCUT2D eigenvalue weighted by atomic mass is 10.1. The predicted octanol–water partition coefficient (Wildman–Crippen LogP) is 5.03. The minimum Gasteiger partial charge on any atom is -0.456 e. The van der Waals surface area contributed by atoms with Crippen molar-refractivity contribution in [1.29, 1.82) is 0 Å². The highest BCUT2D eigenvalue weighted by Crippen LogP contribution is 2.31. The van der Waals surface area contributed by atoms with Crippen LogP contribution in [0, 0.1) is 0 Å². The van der Waals surface area contributed by atoms with Crippen molar-refractivity contribution >= 4 is 39.5 Å². The summed E-state index contributed by atoms with van der Waals surface area (Å²) in [5.74, 6) is -0.239. The van der Waals surface area contributed by atoms with Crippen LogP contribution in [0.3, 0.4) is 0 Å². The Kier molecular flexibility index (Phi) is 5.13. The predicted molar refractivity (Wildman–Crippen MR) is 121 cm³/mol. The van der Waals surface area contributed by atoms with E-state index in [2.05, 4.69) is 10.3 Å². The van der Waals surface area contributed by atoms with Crippen LogP contribution in [0.1, 0.15) is 16.8 Å². The molecule has 7 heteroatoms. The number of aromatic nitrogens is 2. The zero-order chi connectivity index (χ0) is 21.9. The Morgan fingerprint density at radius 3 is 2.72 bits per heavy atom. The van der Waals surface area contributed by atoms with E-state index in [1.807, 2.05) is 28.8 Å². The Morgan fingerprint density at radius 2 is 1.84 bits per heavy atom. The maximum absolute atomic E-state index is 12.7. The monoisotopic (exact) mass is 425 g/mol. The van der Waals surface area contributed by atoms with Gasteiger partial charge in [0.25, 0.3) is 0 Å². The highest BCUT2D eigenvalue weighted by molar-refractivity contribution is 6.05. The van der Waals surface area contributed by atoms with E-state index in [0.29, 0.717) is 30.0 Å². The third-order valence-corrected chi connectivity index (χ3v) is 5.10. The summed E-state index contributed by atoms with van der Waals surface area (Å²) in [5, 5.41) is 4.65. The van der Waals surface area contributed by atoms with Gasteiger partial charge >= 0.3 is 5.97 Å². The number of imidazole rings is 1. The van der Waals surface area contributed by atoms with Crippen LogP contribution < -0.4 is 10.1 Å². The maximum Gasteiger partial charge on any atom is 0.343 e. The molecule has 2 aromatic heterocycles. The molecule has 0 atom stereocenters. The number of anilines is 1. The highest BCUT2D eigenvalue weighted by Gasteiger charge is 2.13. The van der Waals surface area contributed by atoms with Gasteiger partial charge in [0, 0.05) is 41.8 Å². The average molecular weight is 425 g/mol. The molecule has 7 nitrogen and oxygen atoms in total. The van der Waals surface area contributed by atoms with E-state index in [-0.39, 0.29) is 5.91 Å². The molecular formula is C25H19N3O4. The fraction of sp³-hybridized carbons (Fsp3) is 0.0800. The van der Waals surface area contributed by atoms with Gasteiger partial charge in [0.1, 0.15) is 16.9 Å². The molecule has 0 unspecified atom stereocenters. The molecule has 0 aliphatic carbocycles. The normalized spacial score (nSPS) is 11.0. The van der Waals surface area contributed by atoms with Crippen molar-refractivity contribution in [3.63, 3.8) is 0 Å². The van der Waals surface area contributed by atoms with Crippen molar-refractivity contribution in [2.45, 2.75) is 13.0 Å². The van der Waals surface area contributed by atoms with Gasteiger partial charge in [-0.25, -0.2) is 9.78 Å². The van der Waals surface area contributed by atoms with Gasteiger partial charge in [-0.3, -0.25) is 4.79 Å². The second-order valence-corrected chi connectivity index (χ2v) is 7.33. The van der Waals surface area contributed by atoms with Gasteiger partial charge in [-0.05, 0) is 42.5 Å². The number of para-hydroxylation sites is 1. The van der Waals surface area contributed by atoms with Crippen molar-refractivity contribution in [2.24, 2.45) is 0 Å². The molecule has 0 saturated carbocycles. The lowest BCUT2D eigenvalue weighted by Gasteiger charge is -2.08. The van der Waals surface area contributed by atoms with Crippen molar-refractivity contribution in [2.75, 3.05) is 5.32 Å². The Bertz CT molecular complexity index is 1420. The summed E-state index contributed by atoms with van der Waals surface area (Å²) in [5.41, 5.74) is 2.38. The number of carbonyl (C=O) groups is 2. The smallest absolute Gasteiger partial charge is 0.343 e. The molecular weight excluding hydrogens is 406 g/mol.